The molecule has 1 aromatic carbocycles. The average molecular weight is 435 g/mol. The Balaban J connectivity index is 2.01. The van der Waals surface area contributed by atoms with E-state index in [1.807, 2.05) is 0 Å². The van der Waals surface area contributed by atoms with Crippen molar-refractivity contribution in [2.24, 2.45) is 5.84 Å². The van der Waals surface area contributed by atoms with E-state index in [1.54, 1.807) is 0 Å². The van der Waals surface area contributed by atoms with Gasteiger partial charge in [0.1, 0.15) is 11.5 Å². The van der Waals surface area contributed by atoms with Gasteiger partial charge in [-0.25, -0.2) is 10.9 Å². The van der Waals surface area contributed by atoms with Crippen molar-refractivity contribution in [2.45, 2.75) is 110 Å². The van der Waals surface area contributed by atoms with Crippen LogP contribution in [0.25, 0.3) is 0 Å². The molecule has 1 rings (SSSR count). The van der Waals surface area contributed by atoms with Crippen molar-refractivity contribution in [3.05, 3.63) is 23.8 Å². The second-order valence-corrected chi connectivity index (χ2v) is 8.47. The Bertz CT molecular complexity index is 648. The highest BCUT2D eigenvalue weighted by Crippen LogP contribution is 2.23. The molecule has 2 amide bonds. The largest absolute Gasteiger partial charge is 0.508 e. The molecule has 0 heterocycles. The van der Waals surface area contributed by atoms with Crippen LogP contribution in [0.15, 0.2) is 18.2 Å². The lowest BCUT2D eigenvalue weighted by Gasteiger charge is -2.15. The highest BCUT2D eigenvalue weighted by molar-refractivity contribution is 6.05. The molecule has 0 fully saturated rings. The van der Waals surface area contributed by atoms with Gasteiger partial charge in [0, 0.05) is 12.5 Å². The Labute approximate surface area is 187 Å². The predicted molar refractivity (Wildman–Crippen MR) is 125 cm³/mol. The van der Waals surface area contributed by atoms with Crippen LogP contribution in [0.2, 0.25) is 0 Å². The molecule has 0 atom stereocenters. The summed E-state index contributed by atoms with van der Waals surface area (Å²) in [7, 11) is 0. The summed E-state index contributed by atoms with van der Waals surface area (Å²) in [6.45, 7) is 2.25. The van der Waals surface area contributed by atoms with Gasteiger partial charge in [-0.2, -0.15) is 0 Å². The Morgan fingerprint density at radius 3 is 1.68 bits per heavy atom. The fourth-order valence-electron chi connectivity index (χ4n) is 3.71. The van der Waals surface area contributed by atoms with Crippen LogP contribution in [-0.4, -0.2) is 27.0 Å². The minimum atomic E-state index is -0.775. The molecule has 0 bridgehead atoms. The molecule has 0 aliphatic rings. The number of phenols is 2. The van der Waals surface area contributed by atoms with Crippen molar-refractivity contribution in [2.75, 3.05) is 0 Å². The monoisotopic (exact) mass is 434 g/mol. The third-order valence-electron chi connectivity index (χ3n) is 5.69. The Morgan fingerprint density at radius 2 is 1.23 bits per heavy atom. The first-order valence-electron chi connectivity index (χ1n) is 12.1. The molecule has 6 nitrogen and oxygen atoms in total. The zero-order valence-electron chi connectivity index (χ0n) is 19.3. The normalized spacial score (nSPS) is 10.9. The van der Waals surface area contributed by atoms with Crippen molar-refractivity contribution in [3.8, 4) is 11.5 Å². The van der Waals surface area contributed by atoms with Gasteiger partial charge in [-0.1, -0.05) is 96.8 Å². The van der Waals surface area contributed by atoms with Crippen LogP contribution in [-0.2, 0) is 4.79 Å². The molecular weight excluding hydrogens is 392 g/mol. The summed E-state index contributed by atoms with van der Waals surface area (Å²) in [5, 5.41) is 19.6. The van der Waals surface area contributed by atoms with Gasteiger partial charge in [0.05, 0.1) is 5.56 Å². The number of rotatable bonds is 17. The number of phenolic OH excluding ortho intramolecular Hbond substituents is 2. The minimum Gasteiger partial charge on any atom is -0.508 e. The molecule has 0 spiro atoms. The maximum absolute atomic E-state index is 12.2. The van der Waals surface area contributed by atoms with Crippen LogP contribution >= 0.6 is 0 Å². The van der Waals surface area contributed by atoms with Gasteiger partial charge in [-0.05, 0) is 18.6 Å². The summed E-state index contributed by atoms with van der Waals surface area (Å²) in [4.78, 5) is 24.3. The van der Waals surface area contributed by atoms with Crippen molar-refractivity contribution < 1.29 is 19.8 Å². The van der Waals surface area contributed by atoms with Crippen LogP contribution < -0.4 is 5.84 Å². The fourth-order valence-corrected chi connectivity index (χ4v) is 3.71. The highest BCUT2D eigenvalue weighted by Gasteiger charge is 2.22. The topological polar surface area (TPSA) is 104 Å². The van der Waals surface area contributed by atoms with E-state index >= 15 is 0 Å². The molecule has 0 saturated carbocycles. The lowest BCUT2D eigenvalue weighted by atomic mass is 10.0. The SMILES string of the molecule is CCCCCCCCCCCCCCCCCC(=O)N(N)C(=O)c1ccc(O)cc1O. The Morgan fingerprint density at radius 1 is 0.774 bits per heavy atom. The summed E-state index contributed by atoms with van der Waals surface area (Å²) in [5.41, 5.74) is -0.106. The molecular formula is C25H42N2O4. The predicted octanol–water partition coefficient (Wildman–Crippen LogP) is 6.20. The number of imide groups is 1. The van der Waals surface area contributed by atoms with Gasteiger partial charge in [0.25, 0.3) is 5.91 Å². The van der Waals surface area contributed by atoms with E-state index in [-0.39, 0.29) is 17.7 Å². The van der Waals surface area contributed by atoms with Gasteiger partial charge in [-0.3, -0.25) is 9.59 Å². The second-order valence-electron chi connectivity index (χ2n) is 8.47. The number of carbonyl (C=O) groups is 2. The minimum absolute atomic E-state index is 0.106. The summed E-state index contributed by atoms with van der Waals surface area (Å²) in [5.74, 6) is 3.81. The third kappa shape index (κ3) is 11.8. The third-order valence-corrected chi connectivity index (χ3v) is 5.69. The first-order valence-corrected chi connectivity index (χ1v) is 12.1. The Kier molecular flexibility index (Phi) is 14.4. The van der Waals surface area contributed by atoms with Gasteiger partial charge in [0.15, 0.2) is 0 Å². The van der Waals surface area contributed by atoms with Crippen LogP contribution in [0.5, 0.6) is 11.5 Å². The smallest absolute Gasteiger partial charge is 0.278 e. The average Bonchev–Trinajstić information content (AvgIpc) is 2.75. The van der Waals surface area contributed by atoms with Crippen molar-refractivity contribution in [3.63, 3.8) is 0 Å². The molecule has 176 valence electrons. The molecule has 0 radical (unpaired) electrons. The quantitative estimate of drug-likeness (QED) is 0.117. The van der Waals surface area contributed by atoms with Gasteiger partial charge >= 0.3 is 0 Å². The van der Waals surface area contributed by atoms with E-state index in [0.29, 0.717) is 11.4 Å². The van der Waals surface area contributed by atoms with Crippen LogP contribution in [0.4, 0.5) is 0 Å². The fraction of sp³-hybridized carbons (Fsp3) is 0.680. The summed E-state index contributed by atoms with van der Waals surface area (Å²) >= 11 is 0. The molecule has 1 aromatic rings. The number of benzene rings is 1. The van der Waals surface area contributed by atoms with Crippen molar-refractivity contribution in [1.29, 1.82) is 0 Å². The van der Waals surface area contributed by atoms with E-state index < -0.39 is 17.6 Å². The van der Waals surface area contributed by atoms with E-state index in [1.165, 1.54) is 89.2 Å². The lowest BCUT2D eigenvalue weighted by Crippen LogP contribution is -2.42. The van der Waals surface area contributed by atoms with E-state index in [4.69, 9.17) is 5.84 Å². The first kappa shape index (κ1) is 27.0. The molecule has 6 heteroatoms. The van der Waals surface area contributed by atoms with Crippen LogP contribution in [0.1, 0.15) is 120 Å². The summed E-state index contributed by atoms with van der Waals surface area (Å²) < 4.78 is 0. The molecule has 0 unspecified atom stereocenters. The molecule has 0 aliphatic carbocycles. The number of nitrogens with two attached hydrogens (primary N) is 1. The van der Waals surface area contributed by atoms with E-state index in [0.717, 1.165) is 18.9 Å². The molecule has 0 aliphatic heterocycles. The molecule has 4 N–H and O–H groups in total. The maximum atomic E-state index is 12.2. The molecule has 0 aromatic heterocycles. The van der Waals surface area contributed by atoms with Gasteiger partial charge in [-0.15, -0.1) is 0 Å². The van der Waals surface area contributed by atoms with Gasteiger partial charge < -0.3 is 10.2 Å². The van der Waals surface area contributed by atoms with E-state index in [9.17, 15) is 19.8 Å². The lowest BCUT2D eigenvalue weighted by molar-refractivity contribution is -0.129. The molecule has 0 saturated heterocycles. The number of amides is 2. The number of unbranched alkanes of at least 4 members (excludes halogenated alkanes) is 14. The Hall–Kier alpha value is -2.08. The zero-order chi connectivity index (χ0) is 22.9. The number of aromatic hydroxyl groups is 2. The number of carbonyl (C=O) groups excluding carboxylic acids is 2. The standard InChI is InChI=1S/C25H42N2O4/c1-2-3-4-5-6-7-8-9-10-11-12-13-14-15-16-17-24(30)27(26)25(31)22-19-18-21(28)20-23(22)29/h18-20,28-29H,2-17,26H2,1H3. The van der Waals surface area contributed by atoms with Crippen molar-refractivity contribution >= 4 is 11.8 Å². The number of hydrogen-bond acceptors (Lipinski definition) is 5. The first-order chi connectivity index (χ1) is 15.0. The number of hydrazine groups is 1. The number of hydrogen-bond donors (Lipinski definition) is 3. The maximum Gasteiger partial charge on any atom is 0.278 e. The highest BCUT2D eigenvalue weighted by atomic mass is 16.3. The zero-order valence-corrected chi connectivity index (χ0v) is 19.3. The van der Waals surface area contributed by atoms with E-state index in [2.05, 4.69) is 6.92 Å². The summed E-state index contributed by atoms with van der Waals surface area (Å²) in [6.07, 6.45) is 18.9. The number of nitrogens with zero attached hydrogens (tertiary/aromatic N) is 1. The second kappa shape index (κ2) is 16.6. The molecule has 31 heavy (non-hydrogen) atoms. The van der Waals surface area contributed by atoms with Crippen LogP contribution in [0, 0.1) is 0 Å². The van der Waals surface area contributed by atoms with Crippen LogP contribution in [0.3, 0.4) is 0 Å². The van der Waals surface area contributed by atoms with Crippen molar-refractivity contribution in [1.82, 2.24) is 5.01 Å². The van der Waals surface area contributed by atoms with Gasteiger partial charge in [0.2, 0.25) is 5.91 Å². The summed E-state index contributed by atoms with van der Waals surface area (Å²) in [6, 6.07) is 3.55.